The SMILES string of the molecule is Cc1ccc(F)c(NCc2cc(Cl)cc(Cl)c2O)c1. The van der Waals surface area contributed by atoms with Crippen molar-refractivity contribution in [1.29, 1.82) is 0 Å². The lowest BCUT2D eigenvalue weighted by Crippen LogP contribution is -2.02. The second kappa shape index (κ2) is 5.68. The van der Waals surface area contributed by atoms with Gasteiger partial charge in [0.2, 0.25) is 0 Å². The van der Waals surface area contributed by atoms with Gasteiger partial charge in [-0.05, 0) is 36.8 Å². The van der Waals surface area contributed by atoms with Crippen LogP contribution in [0.2, 0.25) is 10.0 Å². The van der Waals surface area contributed by atoms with Gasteiger partial charge in [0.25, 0.3) is 0 Å². The Balaban J connectivity index is 2.21. The Morgan fingerprint density at radius 3 is 2.68 bits per heavy atom. The minimum absolute atomic E-state index is 0.0494. The van der Waals surface area contributed by atoms with Gasteiger partial charge in [-0.3, -0.25) is 0 Å². The smallest absolute Gasteiger partial charge is 0.146 e. The van der Waals surface area contributed by atoms with Gasteiger partial charge >= 0.3 is 0 Å². The first-order valence-corrected chi connectivity index (χ1v) is 6.40. The standard InChI is InChI=1S/C14H12Cl2FNO/c1-8-2-3-12(17)13(4-8)18-7-9-5-10(15)6-11(16)14(9)19/h2-6,18-19H,7H2,1H3. The molecule has 0 fully saturated rings. The van der Waals surface area contributed by atoms with Gasteiger partial charge in [-0.15, -0.1) is 0 Å². The van der Waals surface area contributed by atoms with E-state index in [0.717, 1.165) is 5.56 Å². The number of aromatic hydroxyl groups is 1. The fraction of sp³-hybridized carbons (Fsp3) is 0.143. The van der Waals surface area contributed by atoms with E-state index in [0.29, 0.717) is 16.3 Å². The summed E-state index contributed by atoms with van der Waals surface area (Å²) in [5.41, 5.74) is 1.83. The Labute approximate surface area is 120 Å². The van der Waals surface area contributed by atoms with Crippen LogP contribution in [-0.4, -0.2) is 5.11 Å². The summed E-state index contributed by atoms with van der Waals surface area (Å²) in [7, 11) is 0. The van der Waals surface area contributed by atoms with Crippen LogP contribution < -0.4 is 5.32 Å². The summed E-state index contributed by atoms with van der Waals surface area (Å²) in [6.07, 6.45) is 0. The van der Waals surface area contributed by atoms with Crippen LogP contribution in [0.1, 0.15) is 11.1 Å². The average molecular weight is 300 g/mol. The lowest BCUT2D eigenvalue weighted by Gasteiger charge is -2.11. The highest BCUT2D eigenvalue weighted by atomic mass is 35.5. The molecule has 100 valence electrons. The van der Waals surface area contributed by atoms with Crippen molar-refractivity contribution in [3.05, 3.63) is 57.3 Å². The van der Waals surface area contributed by atoms with E-state index in [-0.39, 0.29) is 23.1 Å². The summed E-state index contributed by atoms with van der Waals surface area (Å²) in [6, 6.07) is 7.81. The fourth-order valence-corrected chi connectivity index (χ4v) is 2.25. The van der Waals surface area contributed by atoms with Gasteiger partial charge in [-0.25, -0.2) is 4.39 Å². The Morgan fingerprint density at radius 1 is 1.21 bits per heavy atom. The van der Waals surface area contributed by atoms with E-state index in [2.05, 4.69) is 5.32 Å². The summed E-state index contributed by atoms with van der Waals surface area (Å²) < 4.78 is 13.6. The van der Waals surface area contributed by atoms with Crippen LogP contribution in [0.3, 0.4) is 0 Å². The molecule has 0 saturated heterocycles. The van der Waals surface area contributed by atoms with Gasteiger partial charge in [-0.2, -0.15) is 0 Å². The zero-order chi connectivity index (χ0) is 14.0. The quantitative estimate of drug-likeness (QED) is 0.856. The number of benzene rings is 2. The third-order valence-corrected chi connectivity index (χ3v) is 3.20. The van der Waals surface area contributed by atoms with Crippen molar-refractivity contribution in [2.75, 3.05) is 5.32 Å². The first-order chi connectivity index (χ1) is 8.97. The summed E-state index contributed by atoms with van der Waals surface area (Å²) >= 11 is 11.7. The van der Waals surface area contributed by atoms with Crippen molar-refractivity contribution in [2.45, 2.75) is 13.5 Å². The van der Waals surface area contributed by atoms with Gasteiger partial charge in [0.05, 0.1) is 10.7 Å². The second-order valence-electron chi connectivity index (χ2n) is 4.23. The molecule has 0 heterocycles. The monoisotopic (exact) mass is 299 g/mol. The number of anilines is 1. The highest BCUT2D eigenvalue weighted by molar-refractivity contribution is 6.35. The molecule has 2 N–H and O–H groups in total. The van der Waals surface area contributed by atoms with E-state index in [1.807, 2.05) is 6.92 Å². The van der Waals surface area contributed by atoms with Crippen LogP contribution in [0.25, 0.3) is 0 Å². The van der Waals surface area contributed by atoms with Crippen molar-refractivity contribution in [1.82, 2.24) is 0 Å². The molecular weight excluding hydrogens is 288 g/mol. The third kappa shape index (κ3) is 3.31. The van der Waals surface area contributed by atoms with Crippen LogP contribution in [0, 0.1) is 12.7 Å². The average Bonchev–Trinajstić information content (AvgIpc) is 2.35. The van der Waals surface area contributed by atoms with Crippen molar-refractivity contribution >= 4 is 28.9 Å². The molecule has 5 heteroatoms. The molecule has 0 aliphatic carbocycles. The summed E-state index contributed by atoms with van der Waals surface area (Å²) in [4.78, 5) is 0. The topological polar surface area (TPSA) is 32.3 Å². The van der Waals surface area contributed by atoms with E-state index >= 15 is 0 Å². The number of phenolic OH excluding ortho intramolecular Hbond substituents is 1. The normalized spacial score (nSPS) is 10.5. The van der Waals surface area contributed by atoms with Crippen molar-refractivity contribution in [3.63, 3.8) is 0 Å². The zero-order valence-electron chi connectivity index (χ0n) is 10.2. The fourth-order valence-electron chi connectivity index (χ4n) is 1.72. The van der Waals surface area contributed by atoms with Crippen LogP contribution in [0.5, 0.6) is 5.75 Å². The molecule has 0 unspecified atom stereocenters. The Morgan fingerprint density at radius 2 is 1.95 bits per heavy atom. The number of halogens is 3. The molecule has 2 aromatic carbocycles. The molecule has 2 aromatic rings. The molecule has 0 spiro atoms. The molecule has 0 aliphatic heterocycles. The lowest BCUT2D eigenvalue weighted by molar-refractivity contribution is 0.469. The highest BCUT2D eigenvalue weighted by Crippen LogP contribution is 2.31. The zero-order valence-corrected chi connectivity index (χ0v) is 11.7. The molecule has 0 amide bonds. The van der Waals surface area contributed by atoms with E-state index in [1.54, 1.807) is 18.2 Å². The predicted octanol–water partition coefficient (Wildman–Crippen LogP) is 4.76. The van der Waals surface area contributed by atoms with Crippen molar-refractivity contribution in [2.24, 2.45) is 0 Å². The number of phenols is 1. The molecule has 0 radical (unpaired) electrons. The summed E-state index contributed by atoms with van der Waals surface area (Å²) in [5.74, 6) is -0.398. The molecule has 2 rings (SSSR count). The minimum Gasteiger partial charge on any atom is -0.506 e. The van der Waals surface area contributed by atoms with Gasteiger partial charge in [0.15, 0.2) is 0 Å². The number of rotatable bonds is 3. The number of nitrogens with one attached hydrogen (secondary N) is 1. The summed E-state index contributed by atoms with van der Waals surface area (Å²) in [6.45, 7) is 2.10. The first kappa shape index (κ1) is 14.0. The van der Waals surface area contributed by atoms with Crippen molar-refractivity contribution in [3.8, 4) is 5.75 Å². The highest BCUT2D eigenvalue weighted by Gasteiger charge is 2.09. The van der Waals surface area contributed by atoms with Gasteiger partial charge in [0.1, 0.15) is 11.6 Å². The minimum atomic E-state index is -0.349. The maximum absolute atomic E-state index is 13.6. The van der Waals surface area contributed by atoms with Crippen LogP contribution in [0.15, 0.2) is 30.3 Å². The molecule has 0 saturated carbocycles. The molecule has 0 atom stereocenters. The molecule has 0 aliphatic rings. The van der Waals surface area contributed by atoms with Gasteiger partial charge < -0.3 is 10.4 Å². The number of aryl methyl sites for hydroxylation is 1. The van der Waals surface area contributed by atoms with Crippen LogP contribution >= 0.6 is 23.2 Å². The lowest BCUT2D eigenvalue weighted by atomic mass is 10.1. The van der Waals surface area contributed by atoms with E-state index in [4.69, 9.17) is 23.2 Å². The van der Waals surface area contributed by atoms with Gasteiger partial charge in [0, 0.05) is 17.1 Å². The molecule has 0 aromatic heterocycles. The first-order valence-electron chi connectivity index (χ1n) is 5.64. The Kier molecular flexibility index (Phi) is 4.17. The van der Waals surface area contributed by atoms with Gasteiger partial charge in [-0.1, -0.05) is 29.3 Å². The van der Waals surface area contributed by atoms with E-state index in [1.165, 1.54) is 12.1 Å². The molecule has 0 bridgehead atoms. The maximum Gasteiger partial charge on any atom is 0.146 e. The predicted molar refractivity (Wildman–Crippen MR) is 76.6 cm³/mol. The molecule has 19 heavy (non-hydrogen) atoms. The van der Waals surface area contributed by atoms with E-state index < -0.39 is 0 Å². The van der Waals surface area contributed by atoms with Crippen LogP contribution in [-0.2, 0) is 6.54 Å². The van der Waals surface area contributed by atoms with Crippen LogP contribution in [0.4, 0.5) is 10.1 Å². The van der Waals surface area contributed by atoms with Crippen molar-refractivity contribution < 1.29 is 9.50 Å². The van der Waals surface area contributed by atoms with E-state index in [9.17, 15) is 9.50 Å². The molecular formula is C14H12Cl2FNO. The summed E-state index contributed by atoms with van der Waals surface area (Å²) in [5, 5.41) is 13.3. The Hall–Kier alpha value is -1.45. The number of hydrogen-bond donors (Lipinski definition) is 2. The number of hydrogen-bond acceptors (Lipinski definition) is 2. The largest absolute Gasteiger partial charge is 0.506 e. The molecule has 2 nitrogen and oxygen atoms in total. The third-order valence-electron chi connectivity index (χ3n) is 2.70. The Bertz CT molecular complexity index is 617. The second-order valence-corrected chi connectivity index (χ2v) is 5.08. The maximum atomic E-state index is 13.6.